The molecule has 5 heterocycles. The van der Waals surface area contributed by atoms with Gasteiger partial charge in [0.1, 0.15) is 5.82 Å². The minimum absolute atomic E-state index is 0.0609. The number of ether oxygens (including phenoxy) is 1. The topological polar surface area (TPSA) is 114 Å². The molecule has 0 radical (unpaired) electrons. The quantitative estimate of drug-likeness (QED) is 0.384. The Labute approximate surface area is 230 Å². The summed E-state index contributed by atoms with van der Waals surface area (Å²) >= 11 is 0. The average molecular weight is 551 g/mol. The largest absolute Gasteiger partial charge is 0.397 e. The third-order valence-corrected chi connectivity index (χ3v) is 7.59. The van der Waals surface area contributed by atoms with Crippen LogP contribution in [0.2, 0.25) is 0 Å². The molecule has 2 saturated heterocycles. The van der Waals surface area contributed by atoms with Crippen LogP contribution in [0.5, 0.6) is 0 Å². The molecular formula is C27H32F2N10O. The third kappa shape index (κ3) is 5.02. The summed E-state index contributed by atoms with van der Waals surface area (Å²) < 4.78 is 35.4. The van der Waals surface area contributed by atoms with Crippen LogP contribution in [-0.2, 0) is 4.74 Å². The highest BCUT2D eigenvalue weighted by Crippen LogP contribution is 2.33. The molecule has 40 heavy (non-hydrogen) atoms. The van der Waals surface area contributed by atoms with Gasteiger partial charge in [-0.15, -0.1) is 0 Å². The lowest BCUT2D eigenvalue weighted by atomic mass is 10.0. The van der Waals surface area contributed by atoms with E-state index >= 15 is 0 Å². The number of nitrogens with zero attached hydrogens (tertiary/aromatic N) is 9. The van der Waals surface area contributed by atoms with Gasteiger partial charge in [-0.2, -0.15) is 15.0 Å². The number of hydrogen-bond donors (Lipinski definition) is 1. The molecule has 210 valence electrons. The second kappa shape index (κ2) is 10.9. The molecule has 13 heteroatoms. The number of fused-ring (bicyclic) bond motifs is 1. The van der Waals surface area contributed by atoms with Crippen molar-refractivity contribution in [1.29, 1.82) is 0 Å². The summed E-state index contributed by atoms with van der Waals surface area (Å²) in [6.07, 6.45) is 0.755. The first-order valence-corrected chi connectivity index (χ1v) is 13.4. The number of imidazole rings is 1. The van der Waals surface area contributed by atoms with Crippen LogP contribution in [0.15, 0.2) is 36.5 Å². The molecule has 6 rings (SSSR count). The molecule has 0 unspecified atom stereocenters. The number of rotatable bonds is 6. The zero-order chi connectivity index (χ0) is 27.8. The summed E-state index contributed by atoms with van der Waals surface area (Å²) in [4.78, 5) is 29.6. The summed E-state index contributed by atoms with van der Waals surface area (Å²) in [7, 11) is 4.14. The smallest absolute Gasteiger partial charge is 0.296 e. The number of likely N-dealkylation sites (tertiary alicyclic amines) is 1. The third-order valence-electron chi connectivity index (χ3n) is 7.59. The highest BCUT2D eigenvalue weighted by atomic mass is 19.3. The molecule has 2 N–H and O–H groups in total. The van der Waals surface area contributed by atoms with Crippen LogP contribution >= 0.6 is 0 Å². The zero-order valence-corrected chi connectivity index (χ0v) is 22.5. The molecule has 4 aromatic rings. The van der Waals surface area contributed by atoms with Gasteiger partial charge < -0.3 is 25.2 Å². The number of aromatic nitrogens is 6. The van der Waals surface area contributed by atoms with E-state index in [1.165, 1.54) is 4.57 Å². The molecule has 2 aliphatic heterocycles. The maximum absolute atomic E-state index is 14.3. The number of anilines is 3. The van der Waals surface area contributed by atoms with Gasteiger partial charge in [-0.1, -0.05) is 12.1 Å². The molecule has 1 aromatic carbocycles. The number of nitrogen functional groups attached to an aromatic ring is 1. The Morgan fingerprint density at radius 1 is 1.00 bits per heavy atom. The Hall–Kier alpha value is -3.97. The summed E-state index contributed by atoms with van der Waals surface area (Å²) in [6.45, 7) is 4.12. The summed E-state index contributed by atoms with van der Waals surface area (Å²) in [5.41, 5.74) is 8.19. The van der Waals surface area contributed by atoms with E-state index in [-0.39, 0.29) is 12.0 Å². The van der Waals surface area contributed by atoms with Gasteiger partial charge in [0.25, 0.3) is 6.43 Å². The first-order chi connectivity index (χ1) is 19.4. The number of piperidine rings is 1. The zero-order valence-electron chi connectivity index (χ0n) is 22.5. The maximum atomic E-state index is 14.3. The van der Waals surface area contributed by atoms with Crippen molar-refractivity contribution in [2.75, 3.05) is 69.0 Å². The van der Waals surface area contributed by atoms with Crippen LogP contribution in [0.1, 0.15) is 25.1 Å². The molecule has 3 aromatic heterocycles. The normalized spacial score (nSPS) is 17.2. The van der Waals surface area contributed by atoms with Crippen LogP contribution in [0.3, 0.4) is 0 Å². The fourth-order valence-electron chi connectivity index (χ4n) is 5.35. The monoisotopic (exact) mass is 550 g/mol. The Morgan fingerprint density at radius 3 is 2.48 bits per heavy atom. The Bertz CT molecular complexity index is 1500. The van der Waals surface area contributed by atoms with Crippen molar-refractivity contribution in [3.8, 4) is 17.3 Å². The van der Waals surface area contributed by atoms with Gasteiger partial charge in [0, 0.05) is 26.2 Å². The van der Waals surface area contributed by atoms with E-state index in [1.807, 2.05) is 11.9 Å². The van der Waals surface area contributed by atoms with Gasteiger partial charge in [-0.3, -0.25) is 4.57 Å². The molecule has 0 spiro atoms. The van der Waals surface area contributed by atoms with Crippen molar-refractivity contribution in [2.45, 2.75) is 25.3 Å². The van der Waals surface area contributed by atoms with E-state index in [1.54, 1.807) is 36.5 Å². The molecule has 0 atom stereocenters. The van der Waals surface area contributed by atoms with E-state index in [0.717, 1.165) is 25.9 Å². The van der Waals surface area contributed by atoms with Crippen molar-refractivity contribution in [3.63, 3.8) is 0 Å². The van der Waals surface area contributed by atoms with Crippen LogP contribution in [-0.4, -0.2) is 93.9 Å². The summed E-state index contributed by atoms with van der Waals surface area (Å²) in [5, 5.41) is 0. The van der Waals surface area contributed by atoms with Gasteiger partial charge in [-0.05, 0) is 51.2 Å². The molecule has 0 aliphatic carbocycles. The van der Waals surface area contributed by atoms with Crippen LogP contribution in [0.4, 0.5) is 26.2 Å². The predicted molar refractivity (Wildman–Crippen MR) is 149 cm³/mol. The van der Waals surface area contributed by atoms with Crippen LogP contribution < -0.4 is 15.5 Å². The number of para-hydroxylation sites is 2. The van der Waals surface area contributed by atoms with Crippen molar-refractivity contribution in [2.24, 2.45) is 0 Å². The number of halogens is 2. The van der Waals surface area contributed by atoms with Gasteiger partial charge >= 0.3 is 0 Å². The number of hydrogen-bond acceptors (Lipinski definition) is 10. The molecule has 2 fully saturated rings. The molecule has 11 nitrogen and oxygen atoms in total. The second-order valence-electron chi connectivity index (χ2n) is 10.2. The minimum atomic E-state index is -2.83. The van der Waals surface area contributed by atoms with E-state index in [9.17, 15) is 8.78 Å². The SMILES string of the molecule is CN1CCC(N(C)c2ncc(N)cc2-c2nc(N3CCOCC3)nc(-n3c(C(F)F)nc4ccccc43)n2)CC1. The van der Waals surface area contributed by atoms with Crippen molar-refractivity contribution >= 4 is 28.5 Å². The van der Waals surface area contributed by atoms with Crippen LogP contribution in [0.25, 0.3) is 28.4 Å². The van der Waals surface area contributed by atoms with Crippen molar-refractivity contribution in [3.05, 3.63) is 42.4 Å². The molecular weight excluding hydrogens is 518 g/mol. The lowest BCUT2D eigenvalue weighted by molar-refractivity contribution is 0.122. The lowest BCUT2D eigenvalue weighted by Crippen LogP contribution is -2.42. The standard InChI is InChI=1S/C27H32F2N10O/c1-36-9-7-18(8-10-36)37(2)24-19(15-17(30)16-31-24)23-33-26(38-11-13-40-14-12-38)35-27(34-23)39-21-6-4-3-5-20(21)32-25(39)22(28)29/h3-6,15-16,18,22H,7-14,30H2,1-2H3. The van der Waals surface area contributed by atoms with Gasteiger partial charge in [0.05, 0.1) is 41.7 Å². The molecule has 0 bridgehead atoms. The Kier molecular flexibility index (Phi) is 7.15. The first-order valence-electron chi connectivity index (χ1n) is 13.4. The van der Waals surface area contributed by atoms with E-state index < -0.39 is 12.2 Å². The maximum Gasteiger partial charge on any atom is 0.296 e. The number of pyridine rings is 1. The number of nitrogens with two attached hydrogens (primary N) is 1. The van der Waals surface area contributed by atoms with E-state index in [4.69, 9.17) is 25.4 Å². The van der Waals surface area contributed by atoms with Gasteiger partial charge in [-0.25, -0.2) is 18.7 Å². The number of benzene rings is 1. The minimum Gasteiger partial charge on any atom is -0.397 e. The number of alkyl halides is 2. The predicted octanol–water partition coefficient (Wildman–Crippen LogP) is 3.16. The summed E-state index contributed by atoms with van der Waals surface area (Å²) in [6, 6.07) is 9.02. The highest BCUT2D eigenvalue weighted by molar-refractivity contribution is 5.79. The van der Waals surface area contributed by atoms with E-state index in [0.29, 0.717) is 66.2 Å². The number of morpholine rings is 1. The van der Waals surface area contributed by atoms with Gasteiger partial charge in [0.2, 0.25) is 11.9 Å². The fraction of sp³-hybridized carbons (Fsp3) is 0.444. The second-order valence-corrected chi connectivity index (χ2v) is 10.2. The van der Waals surface area contributed by atoms with Crippen molar-refractivity contribution in [1.82, 2.24) is 34.4 Å². The Balaban J connectivity index is 1.53. The van der Waals surface area contributed by atoms with Crippen LogP contribution in [0, 0.1) is 0 Å². The average Bonchev–Trinajstić information content (AvgIpc) is 3.38. The Morgan fingerprint density at radius 2 is 1.73 bits per heavy atom. The summed E-state index contributed by atoms with van der Waals surface area (Å²) in [5.74, 6) is 0.987. The molecule has 0 amide bonds. The van der Waals surface area contributed by atoms with E-state index in [2.05, 4.69) is 26.8 Å². The van der Waals surface area contributed by atoms with Gasteiger partial charge in [0.15, 0.2) is 11.6 Å². The lowest BCUT2D eigenvalue weighted by Gasteiger charge is -2.36. The molecule has 0 saturated carbocycles. The fourth-order valence-corrected chi connectivity index (χ4v) is 5.35. The van der Waals surface area contributed by atoms with Crippen molar-refractivity contribution < 1.29 is 13.5 Å². The molecule has 2 aliphatic rings. The first kappa shape index (κ1) is 26.3. The highest BCUT2D eigenvalue weighted by Gasteiger charge is 2.28.